The number of benzene rings is 1. The quantitative estimate of drug-likeness (QED) is 0.604. The molecule has 1 aliphatic heterocycles. The molecule has 4 rings (SSSR count). The fourth-order valence-corrected chi connectivity index (χ4v) is 4.94. The van der Waals surface area contributed by atoms with Gasteiger partial charge in [0.1, 0.15) is 5.56 Å². The van der Waals surface area contributed by atoms with Crippen molar-refractivity contribution in [1.82, 2.24) is 14.5 Å². The van der Waals surface area contributed by atoms with Crippen LogP contribution in [0.3, 0.4) is 0 Å². The second kappa shape index (κ2) is 7.72. The van der Waals surface area contributed by atoms with E-state index in [9.17, 15) is 26.4 Å². The number of fused-ring (bicyclic) bond motifs is 3. The lowest BCUT2D eigenvalue weighted by Crippen LogP contribution is -2.41. The van der Waals surface area contributed by atoms with E-state index in [-0.39, 0.29) is 23.3 Å². The van der Waals surface area contributed by atoms with Crippen molar-refractivity contribution < 1.29 is 31.5 Å². The number of nitrogens with zero attached hydrogens (tertiary/aromatic N) is 4. The van der Waals surface area contributed by atoms with Crippen LogP contribution in [0.25, 0.3) is 10.9 Å². The Hall–Kier alpha value is -3.15. The Balaban J connectivity index is 1.85. The van der Waals surface area contributed by atoms with Gasteiger partial charge in [-0.15, -0.1) is 0 Å². The molecule has 12 heteroatoms. The van der Waals surface area contributed by atoms with E-state index in [2.05, 4.69) is 9.97 Å². The summed E-state index contributed by atoms with van der Waals surface area (Å²) in [6.45, 7) is 4.43. The Morgan fingerprint density at radius 3 is 2.48 bits per heavy atom. The van der Waals surface area contributed by atoms with Gasteiger partial charge in [0.25, 0.3) is 0 Å². The predicted octanol–water partition coefficient (Wildman–Crippen LogP) is 3.77. The summed E-state index contributed by atoms with van der Waals surface area (Å²) in [5, 5.41) is 9.93. The summed E-state index contributed by atoms with van der Waals surface area (Å²) in [5.74, 6) is -2.03. The van der Waals surface area contributed by atoms with Crippen LogP contribution in [-0.4, -0.2) is 46.8 Å². The van der Waals surface area contributed by atoms with E-state index in [0.717, 1.165) is 22.9 Å². The second-order valence-corrected chi connectivity index (χ2v) is 10.3. The fourth-order valence-electron chi connectivity index (χ4n) is 4.30. The van der Waals surface area contributed by atoms with Crippen molar-refractivity contribution in [1.29, 1.82) is 0 Å². The summed E-state index contributed by atoms with van der Waals surface area (Å²) in [5.41, 5.74) is -0.995. The van der Waals surface area contributed by atoms with Crippen LogP contribution in [0.15, 0.2) is 35.4 Å². The van der Waals surface area contributed by atoms with E-state index >= 15 is 0 Å². The molecule has 0 amide bonds. The zero-order valence-electron chi connectivity index (χ0n) is 18.0. The molecule has 0 saturated heterocycles. The molecular weight excluding hydrogens is 461 g/mol. The van der Waals surface area contributed by atoms with Crippen LogP contribution in [0.2, 0.25) is 0 Å². The van der Waals surface area contributed by atoms with Crippen molar-refractivity contribution in [2.45, 2.75) is 37.5 Å². The lowest BCUT2D eigenvalue weighted by atomic mass is 9.97. The van der Waals surface area contributed by atoms with Crippen LogP contribution >= 0.6 is 0 Å². The Labute approximate surface area is 187 Å². The highest BCUT2D eigenvalue weighted by molar-refractivity contribution is 7.90. The summed E-state index contributed by atoms with van der Waals surface area (Å²) < 4.78 is 66.5. The molecule has 0 aliphatic carbocycles. The lowest BCUT2D eigenvalue weighted by Gasteiger charge is -2.39. The number of carbonyl (C=O) groups is 1. The van der Waals surface area contributed by atoms with Gasteiger partial charge < -0.3 is 14.6 Å². The van der Waals surface area contributed by atoms with Gasteiger partial charge in [0.05, 0.1) is 10.9 Å². The van der Waals surface area contributed by atoms with Crippen LogP contribution < -0.4 is 4.90 Å². The van der Waals surface area contributed by atoms with Crippen LogP contribution in [0.5, 0.6) is 0 Å². The maximum Gasteiger partial charge on any atom is 0.434 e. The molecule has 8 nitrogen and oxygen atoms in total. The summed E-state index contributed by atoms with van der Waals surface area (Å²) in [7, 11) is -3.41. The lowest BCUT2D eigenvalue weighted by molar-refractivity contribution is -0.141. The Morgan fingerprint density at radius 2 is 1.91 bits per heavy atom. The molecular formula is C21H21F3N4O4S. The van der Waals surface area contributed by atoms with Gasteiger partial charge in [0.2, 0.25) is 5.95 Å². The zero-order chi connectivity index (χ0) is 24.3. The summed E-state index contributed by atoms with van der Waals surface area (Å²) >= 11 is 0. The highest BCUT2D eigenvalue weighted by atomic mass is 32.2. The number of hydrogen-bond donors (Lipinski definition) is 1. The average molecular weight is 482 g/mol. The molecule has 1 aliphatic rings. The molecule has 176 valence electrons. The van der Waals surface area contributed by atoms with Gasteiger partial charge in [-0.25, -0.2) is 23.2 Å². The van der Waals surface area contributed by atoms with E-state index in [1.807, 2.05) is 24.5 Å². The molecule has 0 bridgehead atoms. The summed E-state index contributed by atoms with van der Waals surface area (Å²) in [6.07, 6.45) is -3.14. The number of aromatic nitrogens is 3. The molecule has 1 atom stereocenters. The molecule has 1 N–H and O–H groups in total. The van der Waals surface area contributed by atoms with Crippen LogP contribution in [0.1, 0.15) is 41.6 Å². The minimum atomic E-state index is -4.95. The average Bonchev–Trinajstić information content (AvgIpc) is 3.08. The summed E-state index contributed by atoms with van der Waals surface area (Å²) in [4.78, 5) is 20.6. The number of carboxylic acid groups (broad SMARTS) is 1. The van der Waals surface area contributed by atoms with Crippen molar-refractivity contribution in [3.63, 3.8) is 0 Å². The van der Waals surface area contributed by atoms with Crippen LogP contribution in [0, 0.1) is 5.92 Å². The zero-order valence-corrected chi connectivity index (χ0v) is 18.8. The first kappa shape index (κ1) is 23.0. The van der Waals surface area contributed by atoms with Gasteiger partial charge in [-0.2, -0.15) is 13.2 Å². The van der Waals surface area contributed by atoms with E-state index in [1.54, 1.807) is 17.0 Å². The first-order valence-electron chi connectivity index (χ1n) is 10.1. The topological polar surface area (TPSA) is 105 Å². The molecule has 2 aromatic heterocycles. The Morgan fingerprint density at radius 1 is 1.21 bits per heavy atom. The smallest absolute Gasteiger partial charge is 0.434 e. The highest BCUT2D eigenvalue weighted by Gasteiger charge is 2.40. The number of carboxylic acids is 1. The van der Waals surface area contributed by atoms with Crippen molar-refractivity contribution >= 4 is 32.7 Å². The predicted molar refractivity (Wildman–Crippen MR) is 114 cm³/mol. The number of sulfone groups is 1. The van der Waals surface area contributed by atoms with Gasteiger partial charge in [0, 0.05) is 42.1 Å². The number of anilines is 1. The van der Waals surface area contributed by atoms with Crippen LogP contribution in [-0.2, 0) is 22.6 Å². The molecule has 1 unspecified atom stereocenters. The minimum absolute atomic E-state index is 0.0696. The molecule has 0 radical (unpaired) electrons. The summed E-state index contributed by atoms with van der Waals surface area (Å²) in [6, 6.07) is 6.30. The fraction of sp³-hybridized carbons (Fsp3) is 0.381. The first-order valence-corrected chi connectivity index (χ1v) is 12.0. The monoisotopic (exact) mass is 482 g/mol. The van der Waals surface area contributed by atoms with Gasteiger partial charge >= 0.3 is 12.1 Å². The highest BCUT2D eigenvalue weighted by Crippen LogP contribution is 2.39. The van der Waals surface area contributed by atoms with E-state index < -0.39 is 39.3 Å². The normalized spacial score (nSPS) is 16.9. The number of halogens is 3. The van der Waals surface area contributed by atoms with E-state index in [1.165, 1.54) is 6.07 Å². The SMILES string of the molecule is CC(C)C1c2cc3ccc(S(C)(=O)=O)cc3n2CCN1c1ncc(C(=O)O)c(C(F)(F)F)n1. The largest absolute Gasteiger partial charge is 0.478 e. The van der Waals surface area contributed by atoms with Gasteiger partial charge in [-0.05, 0) is 24.1 Å². The van der Waals surface area contributed by atoms with Crippen molar-refractivity contribution in [3.05, 3.63) is 47.4 Å². The molecule has 3 aromatic rings. The van der Waals surface area contributed by atoms with Crippen LogP contribution in [0.4, 0.5) is 19.1 Å². The number of rotatable bonds is 4. The third-order valence-electron chi connectivity index (χ3n) is 5.70. The van der Waals surface area contributed by atoms with Crippen molar-refractivity contribution in [3.8, 4) is 0 Å². The maximum atomic E-state index is 13.5. The van der Waals surface area contributed by atoms with E-state index in [0.29, 0.717) is 12.7 Å². The van der Waals surface area contributed by atoms with Gasteiger partial charge in [-0.3, -0.25) is 0 Å². The Bertz CT molecular complexity index is 1370. The third-order valence-corrected chi connectivity index (χ3v) is 6.81. The Kier molecular flexibility index (Phi) is 5.38. The van der Waals surface area contributed by atoms with Gasteiger partial charge in [0.15, 0.2) is 15.5 Å². The first-order chi connectivity index (χ1) is 15.3. The molecule has 3 heterocycles. The molecule has 0 saturated carbocycles. The number of aromatic carboxylic acids is 1. The van der Waals surface area contributed by atoms with Gasteiger partial charge in [-0.1, -0.05) is 19.9 Å². The standard InChI is InChI=1S/C21H21F3N4O4S/c1-11(2)17-16-8-12-4-5-13(33(3,31)32)9-15(12)27(16)6-7-28(17)20-25-10-14(19(29)30)18(26-20)21(22,23)24/h4-5,8-11,17H,6-7H2,1-3H3,(H,29,30). The van der Waals surface area contributed by atoms with E-state index in [4.69, 9.17) is 5.11 Å². The maximum absolute atomic E-state index is 13.5. The molecule has 0 spiro atoms. The molecule has 1 aromatic carbocycles. The molecule has 33 heavy (non-hydrogen) atoms. The third kappa shape index (κ3) is 4.03. The van der Waals surface area contributed by atoms with Crippen molar-refractivity contribution in [2.75, 3.05) is 17.7 Å². The number of hydrogen-bond acceptors (Lipinski definition) is 6. The number of alkyl halides is 3. The second-order valence-electron chi connectivity index (χ2n) is 8.33. The minimum Gasteiger partial charge on any atom is -0.478 e. The molecule has 0 fully saturated rings. The van der Waals surface area contributed by atoms with Crippen molar-refractivity contribution in [2.24, 2.45) is 5.92 Å².